The number of hydrogen-bond acceptors (Lipinski definition) is 3. The number of carboxylic acid groups (broad SMARTS) is 1. The fourth-order valence-corrected chi connectivity index (χ4v) is 3.03. The van der Waals surface area contributed by atoms with Crippen LogP contribution in [-0.2, 0) is 4.79 Å². The summed E-state index contributed by atoms with van der Waals surface area (Å²) in [4.78, 5) is 12.8. The summed E-state index contributed by atoms with van der Waals surface area (Å²) in [5.74, 6) is 0.324. The fraction of sp³-hybridized carbons (Fsp3) is 0.727. The second-order valence-electron chi connectivity index (χ2n) is 3.97. The lowest BCUT2D eigenvalue weighted by Gasteiger charge is -2.31. The smallest absolute Gasteiger partial charge is 0.328 e. The predicted molar refractivity (Wildman–Crippen MR) is 64.4 cm³/mol. The molecule has 0 radical (unpaired) electrons. The average molecular weight is 229 g/mol. The number of nitrogens with zero attached hydrogens (tertiary/aromatic N) is 1. The van der Waals surface area contributed by atoms with E-state index in [-0.39, 0.29) is 0 Å². The van der Waals surface area contributed by atoms with Gasteiger partial charge in [-0.3, -0.25) is 4.90 Å². The van der Waals surface area contributed by atoms with E-state index in [1.807, 2.05) is 18.7 Å². The van der Waals surface area contributed by atoms with E-state index in [0.717, 1.165) is 30.5 Å². The van der Waals surface area contributed by atoms with Gasteiger partial charge in [0.2, 0.25) is 0 Å². The van der Waals surface area contributed by atoms with Gasteiger partial charge < -0.3 is 5.11 Å². The summed E-state index contributed by atoms with van der Waals surface area (Å²) in [6, 6.07) is 0. The number of thioether (sulfide) groups is 1. The Morgan fingerprint density at radius 3 is 3.00 bits per heavy atom. The molecule has 1 unspecified atom stereocenters. The Bertz CT molecular complexity index is 253. The molecular formula is C11H19NO2S. The fourth-order valence-electron chi connectivity index (χ4n) is 1.78. The Balaban J connectivity index is 2.41. The van der Waals surface area contributed by atoms with Crippen LogP contribution in [0.15, 0.2) is 11.6 Å². The Hall–Kier alpha value is -0.480. The minimum atomic E-state index is -0.842. The van der Waals surface area contributed by atoms with E-state index in [9.17, 15) is 4.79 Å². The highest BCUT2D eigenvalue weighted by Gasteiger charge is 2.18. The molecule has 0 aromatic heterocycles. The molecule has 1 heterocycles. The van der Waals surface area contributed by atoms with E-state index in [0.29, 0.717) is 0 Å². The van der Waals surface area contributed by atoms with Crippen molar-refractivity contribution in [1.29, 1.82) is 0 Å². The maximum atomic E-state index is 10.5. The van der Waals surface area contributed by atoms with Crippen LogP contribution in [0.5, 0.6) is 0 Å². The van der Waals surface area contributed by atoms with Crippen LogP contribution >= 0.6 is 11.8 Å². The molecule has 1 N–H and O–H groups in total. The van der Waals surface area contributed by atoms with Crippen molar-refractivity contribution in [2.45, 2.75) is 25.5 Å². The first kappa shape index (κ1) is 12.6. The number of hydrogen-bond donors (Lipinski definition) is 1. The standard InChI is InChI=1S/C11H19NO2S/c1-3-10-8-12(4-5-15-10)7-9(2)6-11(13)14/h6,10H,3-5,7-8H2,1-2H3,(H,13,14). The minimum absolute atomic E-state index is 0.719. The van der Waals surface area contributed by atoms with Crippen molar-refractivity contribution in [2.75, 3.05) is 25.4 Å². The molecule has 0 amide bonds. The molecule has 1 rings (SSSR count). The van der Waals surface area contributed by atoms with Crippen molar-refractivity contribution in [1.82, 2.24) is 4.90 Å². The molecule has 0 aromatic rings. The Morgan fingerprint density at radius 1 is 1.67 bits per heavy atom. The lowest BCUT2D eigenvalue weighted by atomic mass is 10.2. The molecule has 1 saturated heterocycles. The number of carboxylic acids is 1. The van der Waals surface area contributed by atoms with Crippen LogP contribution in [0, 0.1) is 0 Å². The molecule has 3 nitrogen and oxygen atoms in total. The van der Waals surface area contributed by atoms with Gasteiger partial charge in [-0.05, 0) is 13.3 Å². The van der Waals surface area contributed by atoms with Gasteiger partial charge >= 0.3 is 5.97 Å². The zero-order valence-corrected chi connectivity index (χ0v) is 10.2. The van der Waals surface area contributed by atoms with E-state index in [1.54, 1.807) is 0 Å². The van der Waals surface area contributed by atoms with Gasteiger partial charge in [-0.25, -0.2) is 4.79 Å². The second-order valence-corrected chi connectivity index (χ2v) is 5.37. The zero-order chi connectivity index (χ0) is 11.3. The van der Waals surface area contributed by atoms with Crippen molar-refractivity contribution in [2.24, 2.45) is 0 Å². The first-order valence-corrected chi connectivity index (χ1v) is 6.40. The van der Waals surface area contributed by atoms with Gasteiger partial charge in [0.15, 0.2) is 0 Å². The minimum Gasteiger partial charge on any atom is -0.478 e. The van der Waals surface area contributed by atoms with Crippen LogP contribution in [0.3, 0.4) is 0 Å². The van der Waals surface area contributed by atoms with Gasteiger partial charge in [-0.2, -0.15) is 11.8 Å². The number of rotatable bonds is 4. The topological polar surface area (TPSA) is 40.5 Å². The molecule has 0 saturated carbocycles. The van der Waals surface area contributed by atoms with Crippen molar-refractivity contribution in [3.05, 3.63) is 11.6 Å². The molecule has 0 aromatic carbocycles. The maximum Gasteiger partial charge on any atom is 0.328 e. The molecule has 0 aliphatic carbocycles. The highest BCUT2D eigenvalue weighted by molar-refractivity contribution is 8.00. The van der Waals surface area contributed by atoms with Crippen LogP contribution in [0.1, 0.15) is 20.3 Å². The Kier molecular flexibility index (Phi) is 5.19. The largest absolute Gasteiger partial charge is 0.478 e. The molecule has 1 aliphatic heterocycles. The van der Waals surface area contributed by atoms with Gasteiger partial charge in [0.1, 0.15) is 0 Å². The third kappa shape index (κ3) is 4.71. The maximum absolute atomic E-state index is 10.5. The van der Waals surface area contributed by atoms with E-state index >= 15 is 0 Å². The summed E-state index contributed by atoms with van der Waals surface area (Å²) in [5.41, 5.74) is 0.934. The highest BCUT2D eigenvalue weighted by atomic mass is 32.2. The lowest BCUT2D eigenvalue weighted by molar-refractivity contribution is -0.131. The van der Waals surface area contributed by atoms with E-state index in [1.165, 1.54) is 18.2 Å². The third-order valence-electron chi connectivity index (χ3n) is 2.52. The van der Waals surface area contributed by atoms with Crippen molar-refractivity contribution >= 4 is 17.7 Å². The molecule has 15 heavy (non-hydrogen) atoms. The molecule has 0 bridgehead atoms. The third-order valence-corrected chi connectivity index (χ3v) is 3.89. The Labute approximate surface area is 95.5 Å². The zero-order valence-electron chi connectivity index (χ0n) is 9.40. The highest BCUT2D eigenvalue weighted by Crippen LogP contribution is 2.21. The monoisotopic (exact) mass is 229 g/mol. The Morgan fingerprint density at radius 2 is 2.40 bits per heavy atom. The molecule has 0 spiro atoms. The summed E-state index contributed by atoms with van der Waals surface area (Å²) >= 11 is 2.03. The van der Waals surface area contributed by atoms with Crippen LogP contribution < -0.4 is 0 Å². The van der Waals surface area contributed by atoms with Gasteiger partial charge in [0.05, 0.1) is 0 Å². The van der Waals surface area contributed by atoms with Crippen molar-refractivity contribution in [3.8, 4) is 0 Å². The molecule has 1 fully saturated rings. The quantitative estimate of drug-likeness (QED) is 0.747. The van der Waals surface area contributed by atoms with E-state index in [4.69, 9.17) is 5.11 Å². The second kappa shape index (κ2) is 6.18. The van der Waals surface area contributed by atoms with Crippen LogP contribution in [0.25, 0.3) is 0 Å². The average Bonchev–Trinajstić information content (AvgIpc) is 2.16. The normalized spacial score (nSPS) is 24.1. The first-order valence-electron chi connectivity index (χ1n) is 5.36. The predicted octanol–water partition coefficient (Wildman–Crippen LogP) is 1.84. The SMILES string of the molecule is CCC1CN(CC(C)=CC(=O)O)CCS1. The lowest BCUT2D eigenvalue weighted by Crippen LogP contribution is -2.38. The van der Waals surface area contributed by atoms with Crippen LogP contribution in [0.2, 0.25) is 0 Å². The van der Waals surface area contributed by atoms with Crippen molar-refractivity contribution < 1.29 is 9.90 Å². The van der Waals surface area contributed by atoms with Gasteiger partial charge in [0, 0.05) is 36.7 Å². The van der Waals surface area contributed by atoms with Gasteiger partial charge in [-0.15, -0.1) is 0 Å². The molecule has 4 heteroatoms. The van der Waals surface area contributed by atoms with Crippen LogP contribution in [0.4, 0.5) is 0 Å². The molecular weight excluding hydrogens is 210 g/mol. The van der Waals surface area contributed by atoms with Crippen molar-refractivity contribution in [3.63, 3.8) is 0 Å². The van der Waals surface area contributed by atoms with Gasteiger partial charge in [-0.1, -0.05) is 12.5 Å². The summed E-state index contributed by atoms with van der Waals surface area (Å²) in [7, 11) is 0. The summed E-state index contributed by atoms with van der Waals surface area (Å²) in [5, 5.41) is 9.33. The summed E-state index contributed by atoms with van der Waals surface area (Å²) in [6.07, 6.45) is 2.51. The van der Waals surface area contributed by atoms with Crippen LogP contribution in [-0.4, -0.2) is 46.6 Å². The molecule has 1 atom stereocenters. The molecule has 86 valence electrons. The molecule has 1 aliphatic rings. The van der Waals surface area contributed by atoms with E-state index < -0.39 is 5.97 Å². The summed E-state index contributed by atoms with van der Waals surface area (Å²) in [6.45, 7) is 7.05. The van der Waals surface area contributed by atoms with E-state index in [2.05, 4.69) is 11.8 Å². The number of carbonyl (C=O) groups is 1. The first-order chi connectivity index (χ1) is 7.11. The number of aliphatic carboxylic acids is 1. The summed E-state index contributed by atoms with van der Waals surface area (Å²) < 4.78 is 0. The van der Waals surface area contributed by atoms with Gasteiger partial charge in [0.25, 0.3) is 0 Å².